The van der Waals surface area contributed by atoms with Crippen molar-refractivity contribution in [3.05, 3.63) is 0 Å². The van der Waals surface area contributed by atoms with Gasteiger partial charge < -0.3 is 37.6 Å². The SMILES string of the molecule is CC(N)C(=O)O.CC(N)C(=O)O.CC(O)C(N)C(=O)O. The van der Waals surface area contributed by atoms with Crippen molar-refractivity contribution in [2.24, 2.45) is 17.2 Å². The number of carboxylic acids is 3. The second kappa shape index (κ2) is 12.3. The van der Waals surface area contributed by atoms with Gasteiger partial charge in [-0.1, -0.05) is 0 Å². The van der Waals surface area contributed by atoms with Gasteiger partial charge in [-0.05, 0) is 20.8 Å². The topological polar surface area (TPSA) is 210 Å². The highest BCUT2D eigenvalue weighted by Crippen LogP contribution is 1.85. The van der Waals surface area contributed by atoms with Gasteiger partial charge >= 0.3 is 17.9 Å². The summed E-state index contributed by atoms with van der Waals surface area (Å²) in [6.07, 6.45) is -0.979. The summed E-state index contributed by atoms with van der Waals surface area (Å²) in [5.41, 5.74) is 14.6. The molecule has 4 unspecified atom stereocenters. The van der Waals surface area contributed by atoms with Crippen LogP contribution in [0.2, 0.25) is 0 Å². The second-order valence-electron chi connectivity index (χ2n) is 3.86. The highest BCUT2D eigenvalue weighted by Gasteiger charge is 2.16. The summed E-state index contributed by atoms with van der Waals surface area (Å²) in [5, 5.41) is 32.3. The van der Waals surface area contributed by atoms with Gasteiger partial charge in [-0.3, -0.25) is 14.4 Å². The highest BCUT2D eigenvalue weighted by atomic mass is 16.4. The molecular formula is C10H23N3O7. The van der Waals surface area contributed by atoms with Crippen molar-refractivity contribution in [1.29, 1.82) is 0 Å². The molecule has 10 nitrogen and oxygen atoms in total. The summed E-state index contributed by atoms with van der Waals surface area (Å²) in [4.78, 5) is 29.0. The van der Waals surface area contributed by atoms with Crippen LogP contribution < -0.4 is 17.2 Å². The van der Waals surface area contributed by atoms with Crippen molar-refractivity contribution >= 4 is 17.9 Å². The number of nitrogens with two attached hydrogens (primary N) is 3. The maximum absolute atomic E-state index is 9.86. The lowest BCUT2D eigenvalue weighted by Gasteiger charge is -2.06. The van der Waals surface area contributed by atoms with Crippen molar-refractivity contribution in [2.45, 2.75) is 45.0 Å². The molecule has 4 atom stereocenters. The molecule has 0 fully saturated rings. The Balaban J connectivity index is -0.000000221. The molecule has 0 spiro atoms. The Bertz CT molecular complexity index is 287. The van der Waals surface area contributed by atoms with Crippen molar-refractivity contribution in [1.82, 2.24) is 0 Å². The van der Waals surface area contributed by atoms with E-state index < -0.39 is 42.1 Å². The van der Waals surface area contributed by atoms with Crippen LogP contribution in [0.25, 0.3) is 0 Å². The number of hydrogen-bond donors (Lipinski definition) is 7. The van der Waals surface area contributed by atoms with E-state index in [2.05, 4.69) is 0 Å². The zero-order valence-electron chi connectivity index (χ0n) is 11.6. The number of rotatable bonds is 4. The number of hydrogen-bond acceptors (Lipinski definition) is 7. The molecule has 0 rings (SSSR count). The quantitative estimate of drug-likeness (QED) is 0.292. The van der Waals surface area contributed by atoms with E-state index in [1.165, 1.54) is 20.8 Å². The van der Waals surface area contributed by atoms with Crippen molar-refractivity contribution in [2.75, 3.05) is 0 Å². The fraction of sp³-hybridized carbons (Fsp3) is 0.700. The summed E-state index contributed by atoms with van der Waals surface area (Å²) in [5.74, 6) is -3.11. The van der Waals surface area contributed by atoms with E-state index in [0.717, 1.165) is 0 Å². The number of aliphatic hydroxyl groups excluding tert-OH is 1. The van der Waals surface area contributed by atoms with Crippen LogP contribution in [0.3, 0.4) is 0 Å². The number of aliphatic carboxylic acids is 3. The molecule has 0 aliphatic carbocycles. The third-order valence-electron chi connectivity index (χ3n) is 1.58. The highest BCUT2D eigenvalue weighted by molar-refractivity contribution is 5.73. The minimum absolute atomic E-state index is 0.731. The Morgan fingerprint density at radius 1 is 0.750 bits per heavy atom. The molecule has 0 aliphatic rings. The molecule has 0 saturated carbocycles. The first-order valence-electron chi connectivity index (χ1n) is 5.47. The number of carbonyl (C=O) groups is 3. The van der Waals surface area contributed by atoms with Crippen LogP contribution in [0.15, 0.2) is 0 Å². The molecule has 0 aromatic carbocycles. The molecule has 0 saturated heterocycles. The van der Waals surface area contributed by atoms with E-state index in [1.807, 2.05) is 0 Å². The minimum Gasteiger partial charge on any atom is -0.480 e. The Kier molecular flexibility index (Phi) is 14.4. The Morgan fingerprint density at radius 2 is 0.950 bits per heavy atom. The fourth-order valence-corrected chi connectivity index (χ4v) is 0.206. The van der Waals surface area contributed by atoms with Crippen LogP contribution in [-0.4, -0.2) is 62.6 Å². The smallest absolute Gasteiger partial charge is 0.323 e. The Labute approximate surface area is 116 Å². The largest absolute Gasteiger partial charge is 0.480 e. The summed E-state index contributed by atoms with van der Waals surface area (Å²) >= 11 is 0. The van der Waals surface area contributed by atoms with E-state index in [0.29, 0.717) is 0 Å². The third kappa shape index (κ3) is 18.6. The standard InChI is InChI=1S/C4H9NO3.2C3H7NO2/c1-2(6)3(5)4(7)8;2*1-2(4)3(5)6/h2-3,6H,5H2,1H3,(H,7,8);2*2H,4H2,1H3,(H,5,6). The van der Waals surface area contributed by atoms with Crippen LogP contribution in [-0.2, 0) is 14.4 Å². The maximum Gasteiger partial charge on any atom is 0.323 e. The molecule has 0 heterocycles. The molecule has 10 heteroatoms. The van der Waals surface area contributed by atoms with Crippen LogP contribution in [0.4, 0.5) is 0 Å². The molecule has 0 aromatic rings. The summed E-state index contributed by atoms with van der Waals surface area (Å²) in [6.45, 7) is 4.17. The predicted octanol–water partition coefficient (Wildman–Crippen LogP) is -2.38. The first-order chi connectivity index (χ1) is 8.84. The monoisotopic (exact) mass is 297 g/mol. The van der Waals surface area contributed by atoms with Gasteiger partial charge in [-0.2, -0.15) is 0 Å². The van der Waals surface area contributed by atoms with Gasteiger partial charge in [0.1, 0.15) is 18.1 Å². The average molecular weight is 297 g/mol. The normalized spacial score (nSPS) is 15.2. The van der Waals surface area contributed by atoms with Gasteiger partial charge in [0.25, 0.3) is 0 Å². The maximum atomic E-state index is 9.86. The van der Waals surface area contributed by atoms with Crippen molar-refractivity contribution in [3.8, 4) is 0 Å². The Hall–Kier alpha value is -1.75. The average Bonchev–Trinajstić information content (AvgIpc) is 2.28. The first kappa shape index (κ1) is 23.4. The lowest BCUT2D eigenvalue weighted by Crippen LogP contribution is -2.39. The van der Waals surface area contributed by atoms with Crippen LogP contribution in [0, 0.1) is 0 Å². The van der Waals surface area contributed by atoms with E-state index in [1.54, 1.807) is 0 Å². The Morgan fingerprint density at radius 3 is 0.950 bits per heavy atom. The molecule has 0 bridgehead atoms. The van der Waals surface area contributed by atoms with Gasteiger partial charge in [-0.25, -0.2) is 0 Å². The summed E-state index contributed by atoms with van der Waals surface area (Å²) < 4.78 is 0. The number of aliphatic hydroxyl groups is 1. The molecule has 0 radical (unpaired) electrons. The molecule has 0 amide bonds. The fourth-order valence-electron chi connectivity index (χ4n) is 0.206. The van der Waals surface area contributed by atoms with E-state index in [-0.39, 0.29) is 0 Å². The minimum atomic E-state index is -1.18. The molecule has 0 aliphatic heterocycles. The van der Waals surface area contributed by atoms with Crippen molar-refractivity contribution in [3.63, 3.8) is 0 Å². The van der Waals surface area contributed by atoms with Gasteiger partial charge in [0.15, 0.2) is 0 Å². The molecule has 120 valence electrons. The zero-order chi connectivity index (χ0) is 17.0. The third-order valence-corrected chi connectivity index (χ3v) is 1.58. The van der Waals surface area contributed by atoms with Crippen molar-refractivity contribution < 1.29 is 34.8 Å². The van der Waals surface area contributed by atoms with Gasteiger partial charge in [0.05, 0.1) is 6.10 Å². The molecule has 20 heavy (non-hydrogen) atoms. The molecular weight excluding hydrogens is 274 g/mol. The van der Waals surface area contributed by atoms with Gasteiger partial charge in [0, 0.05) is 0 Å². The molecule has 10 N–H and O–H groups in total. The van der Waals surface area contributed by atoms with E-state index in [4.69, 9.17) is 37.6 Å². The lowest BCUT2D eigenvalue weighted by atomic mass is 10.2. The second-order valence-corrected chi connectivity index (χ2v) is 3.86. The van der Waals surface area contributed by atoms with Crippen LogP contribution in [0.5, 0.6) is 0 Å². The summed E-state index contributed by atoms with van der Waals surface area (Å²) in [6, 6.07) is -2.62. The van der Waals surface area contributed by atoms with Crippen LogP contribution in [0.1, 0.15) is 20.8 Å². The first-order valence-corrected chi connectivity index (χ1v) is 5.47. The van der Waals surface area contributed by atoms with Gasteiger partial charge in [-0.15, -0.1) is 0 Å². The molecule has 0 aromatic heterocycles. The lowest BCUT2D eigenvalue weighted by molar-refractivity contribution is -0.141. The van der Waals surface area contributed by atoms with E-state index >= 15 is 0 Å². The van der Waals surface area contributed by atoms with Crippen LogP contribution >= 0.6 is 0 Å². The predicted molar refractivity (Wildman–Crippen MR) is 69.9 cm³/mol. The number of carboxylic acid groups (broad SMARTS) is 3. The zero-order valence-corrected chi connectivity index (χ0v) is 11.6. The summed E-state index contributed by atoms with van der Waals surface area (Å²) in [7, 11) is 0. The van der Waals surface area contributed by atoms with E-state index in [9.17, 15) is 14.4 Å². The van der Waals surface area contributed by atoms with Gasteiger partial charge in [0.2, 0.25) is 0 Å².